The summed E-state index contributed by atoms with van der Waals surface area (Å²) in [5, 5.41) is 19.1. The highest BCUT2D eigenvalue weighted by Crippen LogP contribution is 2.52. The number of nitrogens with two attached hydrogens (primary N) is 1. The number of likely N-dealkylation sites (tertiary alicyclic amines) is 1. The van der Waals surface area contributed by atoms with Crippen molar-refractivity contribution in [1.82, 2.24) is 4.90 Å². The molecule has 1 saturated heterocycles. The molecule has 136 valence electrons. The van der Waals surface area contributed by atoms with Crippen molar-refractivity contribution in [2.75, 3.05) is 13.1 Å². The summed E-state index contributed by atoms with van der Waals surface area (Å²) in [6, 6.07) is 4.40. The number of carboxylic acid groups (broad SMARTS) is 1. The molecule has 0 bridgehead atoms. The monoisotopic (exact) mass is 350 g/mol. The van der Waals surface area contributed by atoms with Crippen LogP contribution in [0.2, 0.25) is 0 Å². The van der Waals surface area contributed by atoms with Gasteiger partial charge in [0.15, 0.2) is 0 Å². The van der Waals surface area contributed by atoms with Crippen LogP contribution >= 0.6 is 0 Å². The number of hydrogen-bond donors (Lipinski definition) is 3. The highest BCUT2D eigenvalue weighted by atomic mass is 19.1. The molecule has 1 heterocycles. The summed E-state index contributed by atoms with van der Waals surface area (Å²) >= 11 is 0. The summed E-state index contributed by atoms with van der Waals surface area (Å²) in [4.78, 5) is 25.9. The average Bonchev–Trinajstić information content (AvgIpc) is 3.00. The molecule has 25 heavy (non-hydrogen) atoms. The molecule has 1 aromatic carbocycles. The van der Waals surface area contributed by atoms with Crippen LogP contribution in [0.4, 0.5) is 4.39 Å². The van der Waals surface area contributed by atoms with Gasteiger partial charge in [0.05, 0.1) is 17.4 Å². The van der Waals surface area contributed by atoms with Crippen LogP contribution in [0.3, 0.4) is 0 Å². The first-order valence-corrected chi connectivity index (χ1v) is 8.55. The normalized spacial score (nSPS) is 27.7. The molecule has 6 nitrogen and oxygen atoms in total. The predicted molar refractivity (Wildman–Crippen MR) is 88.2 cm³/mol. The Bertz CT molecular complexity index is 682. The number of carbonyl (C=O) groups is 2. The van der Waals surface area contributed by atoms with E-state index in [-0.39, 0.29) is 18.4 Å². The standard InChI is InChI=1S/C18H23FN2O4/c19-14-7-11(3-4-12(14)10-21-5-1-2-6-21)15(16(20)23)18(17(24)25)8-13(22)9-18/h3-4,7,13,15,22H,1-2,5-6,8-10H2,(H2,20,23)(H,24,25). The Labute approximate surface area is 145 Å². The van der Waals surface area contributed by atoms with Crippen LogP contribution in [0.25, 0.3) is 0 Å². The van der Waals surface area contributed by atoms with Gasteiger partial charge < -0.3 is 15.9 Å². The second-order valence-corrected chi connectivity index (χ2v) is 7.19. The van der Waals surface area contributed by atoms with E-state index in [1.165, 1.54) is 6.07 Å². The van der Waals surface area contributed by atoms with Crippen molar-refractivity contribution in [1.29, 1.82) is 0 Å². The molecule has 7 heteroatoms. The Morgan fingerprint density at radius 3 is 2.44 bits per heavy atom. The summed E-state index contributed by atoms with van der Waals surface area (Å²) in [7, 11) is 0. The Balaban J connectivity index is 1.88. The van der Waals surface area contributed by atoms with E-state index in [9.17, 15) is 24.2 Å². The lowest BCUT2D eigenvalue weighted by atomic mass is 9.57. The topological polar surface area (TPSA) is 104 Å². The lowest BCUT2D eigenvalue weighted by Gasteiger charge is -2.46. The van der Waals surface area contributed by atoms with Crippen molar-refractivity contribution < 1.29 is 24.2 Å². The Morgan fingerprint density at radius 1 is 1.32 bits per heavy atom. The van der Waals surface area contributed by atoms with Crippen molar-refractivity contribution in [3.8, 4) is 0 Å². The largest absolute Gasteiger partial charge is 0.481 e. The molecule has 4 N–H and O–H groups in total. The van der Waals surface area contributed by atoms with Gasteiger partial charge in [0, 0.05) is 12.1 Å². The van der Waals surface area contributed by atoms with Crippen LogP contribution in [-0.2, 0) is 16.1 Å². The predicted octanol–water partition coefficient (Wildman–Crippen LogP) is 1.22. The summed E-state index contributed by atoms with van der Waals surface area (Å²) in [5.74, 6) is -3.64. The summed E-state index contributed by atoms with van der Waals surface area (Å²) in [6.45, 7) is 2.37. The fourth-order valence-electron chi connectivity index (χ4n) is 4.12. The molecular formula is C18H23FN2O4. The van der Waals surface area contributed by atoms with E-state index >= 15 is 0 Å². The van der Waals surface area contributed by atoms with Gasteiger partial charge in [-0.15, -0.1) is 0 Å². The number of halogens is 1. The number of benzene rings is 1. The molecular weight excluding hydrogens is 327 g/mol. The van der Waals surface area contributed by atoms with E-state index in [4.69, 9.17) is 5.73 Å². The maximum absolute atomic E-state index is 14.5. The summed E-state index contributed by atoms with van der Waals surface area (Å²) in [6.07, 6.45) is 1.30. The highest BCUT2D eigenvalue weighted by molar-refractivity contribution is 5.91. The van der Waals surface area contributed by atoms with E-state index in [1.54, 1.807) is 12.1 Å². The fourth-order valence-corrected chi connectivity index (χ4v) is 4.12. The molecule has 1 amide bonds. The number of aliphatic hydroxyl groups excluding tert-OH is 1. The number of primary amides is 1. The van der Waals surface area contributed by atoms with E-state index < -0.39 is 35.1 Å². The van der Waals surface area contributed by atoms with E-state index in [0.29, 0.717) is 12.1 Å². The highest BCUT2D eigenvalue weighted by Gasteiger charge is 2.57. The Morgan fingerprint density at radius 2 is 1.96 bits per heavy atom. The molecule has 3 rings (SSSR count). The van der Waals surface area contributed by atoms with Gasteiger partial charge in [-0.3, -0.25) is 14.5 Å². The van der Waals surface area contributed by atoms with Gasteiger partial charge in [-0.2, -0.15) is 0 Å². The molecule has 2 aliphatic rings. The molecule has 0 aromatic heterocycles. The third-order valence-corrected chi connectivity index (χ3v) is 5.47. The first kappa shape index (κ1) is 17.8. The van der Waals surface area contributed by atoms with Gasteiger partial charge in [-0.05, 0) is 50.4 Å². The fraction of sp³-hybridized carbons (Fsp3) is 0.556. The number of rotatable bonds is 6. The summed E-state index contributed by atoms with van der Waals surface area (Å²) in [5.41, 5.74) is 4.76. The van der Waals surface area contributed by atoms with E-state index in [1.807, 2.05) is 0 Å². The van der Waals surface area contributed by atoms with Crippen molar-refractivity contribution in [2.24, 2.45) is 11.1 Å². The lowest BCUT2D eigenvalue weighted by Crippen LogP contribution is -2.54. The van der Waals surface area contributed by atoms with Gasteiger partial charge in [0.1, 0.15) is 5.82 Å². The van der Waals surface area contributed by atoms with Gasteiger partial charge >= 0.3 is 5.97 Å². The van der Waals surface area contributed by atoms with E-state index in [0.717, 1.165) is 25.9 Å². The first-order chi connectivity index (χ1) is 11.8. The van der Waals surface area contributed by atoms with Gasteiger partial charge in [0.2, 0.25) is 5.91 Å². The molecule has 2 fully saturated rings. The van der Waals surface area contributed by atoms with Crippen LogP contribution < -0.4 is 5.73 Å². The maximum Gasteiger partial charge on any atom is 0.310 e. The average molecular weight is 350 g/mol. The Hall–Kier alpha value is -1.99. The van der Waals surface area contributed by atoms with Gasteiger partial charge in [-0.25, -0.2) is 4.39 Å². The number of amides is 1. The van der Waals surface area contributed by atoms with Gasteiger partial charge in [0.25, 0.3) is 0 Å². The van der Waals surface area contributed by atoms with Crippen molar-refractivity contribution in [3.63, 3.8) is 0 Å². The van der Waals surface area contributed by atoms with Crippen LogP contribution in [0.5, 0.6) is 0 Å². The molecule has 1 saturated carbocycles. The first-order valence-electron chi connectivity index (χ1n) is 8.55. The number of carboxylic acids is 1. The maximum atomic E-state index is 14.5. The summed E-state index contributed by atoms with van der Waals surface area (Å²) < 4.78 is 14.5. The second-order valence-electron chi connectivity index (χ2n) is 7.19. The van der Waals surface area contributed by atoms with E-state index in [2.05, 4.69) is 4.90 Å². The quantitative estimate of drug-likeness (QED) is 0.716. The third-order valence-electron chi connectivity index (χ3n) is 5.47. The van der Waals surface area contributed by atoms with Crippen molar-refractivity contribution in [2.45, 2.75) is 44.2 Å². The van der Waals surface area contributed by atoms with Crippen LogP contribution in [0, 0.1) is 11.2 Å². The Kier molecular flexibility index (Phi) is 4.79. The van der Waals surface area contributed by atoms with Crippen molar-refractivity contribution >= 4 is 11.9 Å². The number of hydrogen-bond acceptors (Lipinski definition) is 4. The second kappa shape index (κ2) is 6.72. The van der Waals surface area contributed by atoms with Crippen LogP contribution in [0.15, 0.2) is 18.2 Å². The van der Waals surface area contributed by atoms with Gasteiger partial charge in [-0.1, -0.05) is 12.1 Å². The van der Waals surface area contributed by atoms with Crippen molar-refractivity contribution in [3.05, 3.63) is 35.1 Å². The molecule has 0 spiro atoms. The minimum atomic E-state index is -1.46. The zero-order valence-electron chi connectivity index (χ0n) is 13.9. The van der Waals surface area contributed by atoms with Crippen LogP contribution in [0.1, 0.15) is 42.7 Å². The lowest BCUT2D eigenvalue weighted by molar-refractivity contribution is -0.168. The minimum absolute atomic E-state index is 0.0624. The smallest absolute Gasteiger partial charge is 0.310 e. The molecule has 1 aromatic rings. The molecule has 1 aliphatic heterocycles. The molecule has 1 aliphatic carbocycles. The third kappa shape index (κ3) is 3.26. The number of nitrogens with zero attached hydrogens (tertiary/aromatic N) is 1. The number of aliphatic hydroxyl groups is 1. The number of carbonyl (C=O) groups excluding carboxylic acids is 1. The zero-order chi connectivity index (χ0) is 18.2. The number of aliphatic carboxylic acids is 1. The zero-order valence-corrected chi connectivity index (χ0v) is 13.9. The van der Waals surface area contributed by atoms with Crippen LogP contribution in [-0.4, -0.2) is 46.2 Å². The minimum Gasteiger partial charge on any atom is -0.481 e. The molecule has 1 unspecified atom stereocenters. The molecule has 0 radical (unpaired) electrons. The SMILES string of the molecule is NC(=O)C(c1ccc(CN2CCCC2)c(F)c1)C1(C(=O)O)CC(O)C1. The molecule has 1 atom stereocenters.